The van der Waals surface area contributed by atoms with Gasteiger partial charge in [-0.1, -0.05) is 42.5 Å². The Morgan fingerprint density at radius 3 is 2.50 bits per heavy atom. The van der Waals surface area contributed by atoms with Crippen LogP contribution in [0.4, 0.5) is 0 Å². The summed E-state index contributed by atoms with van der Waals surface area (Å²) in [7, 11) is 2.10. The van der Waals surface area contributed by atoms with Gasteiger partial charge in [-0.15, -0.1) is 0 Å². The Morgan fingerprint density at radius 2 is 1.65 bits per heavy atom. The summed E-state index contributed by atoms with van der Waals surface area (Å²) in [5.41, 5.74) is 6.72. The molecule has 0 spiro atoms. The van der Waals surface area contributed by atoms with Crippen LogP contribution in [0.5, 0.6) is 0 Å². The van der Waals surface area contributed by atoms with Crippen molar-refractivity contribution in [1.82, 2.24) is 0 Å². The quantitative estimate of drug-likeness (QED) is 0.351. The summed E-state index contributed by atoms with van der Waals surface area (Å²) in [5.74, 6) is 0. The molecule has 0 radical (unpaired) electrons. The molecule has 0 atom stereocenters. The van der Waals surface area contributed by atoms with Gasteiger partial charge in [-0.05, 0) is 42.3 Å². The van der Waals surface area contributed by atoms with E-state index in [0.29, 0.717) is 0 Å². The molecule has 0 aliphatic carbocycles. The molecular weight excluding hydrogens is 318 g/mol. The molecule has 3 aromatic carbocycles. The van der Waals surface area contributed by atoms with E-state index in [0.717, 1.165) is 11.2 Å². The molecule has 5 rings (SSSR count). The van der Waals surface area contributed by atoms with E-state index in [1.54, 1.807) is 0 Å². The van der Waals surface area contributed by atoms with E-state index in [9.17, 15) is 0 Å². The largest absolute Gasteiger partial charge is 0.455 e. The van der Waals surface area contributed by atoms with Crippen LogP contribution in [0.25, 0.3) is 44.0 Å². The minimum absolute atomic E-state index is 0.945. The maximum absolute atomic E-state index is 6.40. The van der Waals surface area contributed by atoms with Crippen LogP contribution in [-0.2, 0) is 7.05 Å². The first-order valence-corrected chi connectivity index (χ1v) is 8.94. The molecule has 2 aromatic heterocycles. The fourth-order valence-electron chi connectivity index (χ4n) is 4.03. The highest BCUT2D eigenvalue weighted by Gasteiger charge is 2.21. The Morgan fingerprint density at radius 1 is 0.808 bits per heavy atom. The third kappa shape index (κ3) is 2.08. The van der Waals surface area contributed by atoms with Crippen molar-refractivity contribution in [1.29, 1.82) is 0 Å². The van der Waals surface area contributed by atoms with Gasteiger partial charge in [0.15, 0.2) is 6.20 Å². The third-order valence-electron chi connectivity index (χ3n) is 5.28. The summed E-state index contributed by atoms with van der Waals surface area (Å²) in [6.45, 7) is 4.27. The first-order valence-electron chi connectivity index (χ1n) is 8.94. The van der Waals surface area contributed by atoms with Crippen LogP contribution in [0.1, 0.15) is 11.1 Å². The van der Waals surface area contributed by atoms with E-state index in [1.165, 1.54) is 43.9 Å². The van der Waals surface area contributed by atoms with Gasteiger partial charge in [0.25, 0.3) is 0 Å². The summed E-state index contributed by atoms with van der Waals surface area (Å²) in [6.07, 6.45) is 2.16. The third-order valence-corrected chi connectivity index (χ3v) is 5.28. The standard InChI is InChI=1S/C24H20NO/c1-15-8-12-20(25(3)14-15)22-16(2)9-11-19-23-18-7-5-4-6-17(18)10-13-21(23)26-24(19)22/h4-14H,1-3H3/q+1. The molecule has 2 heteroatoms. The number of benzene rings is 3. The van der Waals surface area contributed by atoms with Crippen LogP contribution < -0.4 is 4.57 Å². The molecule has 0 N–H and O–H groups in total. The number of pyridine rings is 1. The molecule has 0 aliphatic heterocycles. The Balaban J connectivity index is 1.96. The van der Waals surface area contributed by atoms with E-state index in [-0.39, 0.29) is 0 Å². The fourth-order valence-corrected chi connectivity index (χ4v) is 4.03. The van der Waals surface area contributed by atoms with Gasteiger partial charge >= 0.3 is 0 Å². The van der Waals surface area contributed by atoms with E-state index in [1.807, 2.05) is 0 Å². The molecule has 126 valence electrons. The maximum Gasteiger partial charge on any atom is 0.216 e. The number of hydrogen-bond acceptors (Lipinski definition) is 1. The van der Waals surface area contributed by atoms with Gasteiger partial charge in [-0.2, -0.15) is 0 Å². The molecule has 0 bridgehead atoms. The Labute approximate surface area is 152 Å². The lowest BCUT2D eigenvalue weighted by atomic mass is 9.98. The number of hydrogen-bond donors (Lipinski definition) is 0. The van der Waals surface area contributed by atoms with Crippen molar-refractivity contribution in [3.8, 4) is 11.3 Å². The number of nitrogens with zero attached hydrogens (tertiary/aromatic N) is 1. The molecule has 2 nitrogen and oxygen atoms in total. The first kappa shape index (κ1) is 15.2. The van der Waals surface area contributed by atoms with E-state index >= 15 is 0 Å². The predicted octanol–water partition coefficient (Wildman–Crippen LogP) is 5.85. The lowest BCUT2D eigenvalue weighted by Crippen LogP contribution is -2.31. The predicted molar refractivity (Wildman–Crippen MR) is 107 cm³/mol. The van der Waals surface area contributed by atoms with Crippen LogP contribution in [0.2, 0.25) is 0 Å². The molecular formula is C24H20NO+. The fraction of sp³-hybridized carbons (Fsp3) is 0.125. The number of fused-ring (bicyclic) bond motifs is 5. The number of furan rings is 1. The van der Waals surface area contributed by atoms with E-state index < -0.39 is 0 Å². The molecule has 0 amide bonds. The smallest absolute Gasteiger partial charge is 0.216 e. The van der Waals surface area contributed by atoms with Crippen molar-refractivity contribution < 1.29 is 8.98 Å². The van der Waals surface area contributed by atoms with Gasteiger partial charge in [-0.25, -0.2) is 4.57 Å². The summed E-state index contributed by atoms with van der Waals surface area (Å²) in [6, 6.07) is 21.5. The summed E-state index contributed by atoms with van der Waals surface area (Å²) in [5, 5.41) is 4.87. The second-order valence-corrected chi connectivity index (χ2v) is 7.10. The van der Waals surface area contributed by atoms with Crippen molar-refractivity contribution in [2.45, 2.75) is 13.8 Å². The van der Waals surface area contributed by atoms with Crippen LogP contribution in [-0.4, -0.2) is 0 Å². The van der Waals surface area contributed by atoms with Crippen LogP contribution in [0, 0.1) is 13.8 Å². The average molecular weight is 338 g/mol. The summed E-state index contributed by atoms with van der Waals surface area (Å²) >= 11 is 0. The maximum atomic E-state index is 6.40. The SMILES string of the molecule is Cc1ccc(-c2c(C)ccc3c2oc2ccc4ccccc4c23)[n+](C)c1. The second kappa shape index (κ2) is 5.43. The van der Waals surface area contributed by atoms with Crippen LogP contribution >= 0.6 is 0 Å². The van der Waals surface area contributed by atoms with Crippen molar-refractivity contribution in [2.24, 2.45) is 7.05 Å². The van der Waals surface area contributed by atoms with E-state index in [2.05, 4.69) is 92.3 Å². The van der Waals surface area contributed by atoms with Crippen molar-refractivity contribution in [3.05, 3.63) is 78.0 Å². The number of aryl methyl sites for hydroxylation is 3. The molecule has 2 heterocycles. The highest BCUT2D eigenvalue weighted by molar-refractivity contribution is 6.20. The number of aromatic nitrogens is 1. The molecule has 5 aromatic rings. The second-order valence-electron chi connectivity index (χ2n) is 7.10. The zero-order valence-corrected chi connectivity index (χ0v) is 15.2. The van der Waals surface area contributed by atoms with Crippen LogP contribution in [0.3, 0.4) is 0 Å². The average Bonchev–Trinajstić information content (AvgIpc) is 3.01. The van der Waals surface area contributed by atoms with Crippen molar-refractivity contribution in [2.75, 3.05) is 0 Å². The topological polar surface area (TPSA) is 17.0 Å². The lowest BCUT2D eigenvalue weighted by Gasteiger charge is -2.06. The highest BCUT2D eigenvalue weighted by Crippen LogP contribution is 2.39. The normalized spacial score (nSPS) is 11.7. The minimum atomic E-state index is 0.945. The first-order chi connectivity index (χ1) is 12.6. The number of rotatable bonds is 1. The Hall–Kier alpha value is -3.13. The molecule has 0 saturated carbocycles. The molecule has 0 unspecified atom stereocenters. The highest BCUT2D eigenvalue weighted by atomic mass is 16.3. The monoisotopic (exact) mass is 338 g/mol. The van der Waals surface area contributed by atoms with Gasteiger partial charge in [0.1, 0.15) is 18.2 Å². The molecule has 0 fully saturated rings. The van der Waals surface area contributed by atoms with Gasteiger partial charge < -0.3 is 4.42 Å². The van der Waals surface area contributed by atoms with Gasteiger partial charge in [0.2, 0.25) is 5.69 Å². The molecule has 0 saturated heterocycles. The van der Waals surface area contributed by atoms with Crippen LogP contribution in [0.15, 0.2) is 71.3 Å². The zero-order chi connectivity index (χ0) is 17.8. The van der Waals surface area contributed by atoms with Gasteiger partial charge in [0, 0.05) is 22.4 Å². The molecule has 26 heavy (non-hydrogen) atoms. The Kier molecular flexibility index (Phi) is 3.17. The Bertz CT molecular complexity index is 1310. The van der Waals surface area contributed by atoms with Gasteiger partial charge in [0.05, 0.1) is 5.56 Å². The minimum Gasteiger partial charge on any atom is -0.455 e. The summed E-state index contributed by atoms with van der Waals surface area (Å²) < 4.78 is 8.58. The van der Waals surface area contributed by atoms with Gasteiger partial charge in [-0.3, -0.25) is 0 Å². The van der Waals surface area contributed by atoms with Crippen molar-refractivity contribution >= 4 is 32.7 Å². The zero-order valence-electron chi connectivity index (χ0n) is 15.2. The van der Waals surface area contributed by atoms with Crippen molar-refractivity contribution in [3.63, 3.8) is 0 Å². The van der Waals surface area contributed by atoms with E-state index in [4.69, 9.17) is 4.42 Å². The summed E-state index contributed by atoms with van der Waals surface area (Å²) in [4.78, 5) is 0. The lowest BCUT2D eigenvalue weighted by molar-refractivity contribution is -0.660. The molecule has 0 aliphatic rings.